The molecule has 0 radical (unpaired) electrons. The molecule has 0 aliphatic rings. The van der Waals surface area contributed by atoms with Crippen molar-refractivity contribution < 1.29 is 19.1 Å². The van der Waals surface area contributed by atoms with Crippen molar-refractivity contribution in [1.29, 1.82) is 0 Å². The molecule has 148 valence electrons. The molecule has 1 unspecified atom stereocenters. The van der Waals surface area contributed by atoms with Gasteiger partial charge in [-0.2, -0.15) is 0 Å². The summed E-state index contributed by atoms with van der Waals surface area (Å²) < 4.78 is 10.6. The molecule has 6 nitrogen and oxygen atoms in total. The summed E-state index contributed by atoms with van der Waals surface area (Å²) in [6.07, 6.45) is 6.29. The number of hydrogen-bond donors (Lipinski definition) is 1. The van der Waals surface area contributed by atoms with Crippen molar-refractivity contribution in [2.24, 2.45) is 0 Å². The van der Waals surface area contributed by atoms with Gasteiger partial charge in [-0.05, 0) is 39.3 Å². The first kappa shape index (κ1) is 23.7. The maximum Gasteiger partial charge on any atom is 0.407 e. The molecular formula is C19H38N2O4. The number of alkyl carbamates (subject to hydrolysis) is 1. The Hall–Kier alpha value is -1.30. The summed E-state index contributed by atoms with van der Waals surface area (Å²) in [5, 5.41) is 2.78. The second-order valence-corrected chi connectivity index (χ2v) is 6.46. The number of carbonyl (C=O) groups is 2. The van der Waals surface area contributed by atoms with Crippen LogP contribution in [0.3, 0.4) is 0 Å². The molecule has 0 heterocycles. The summed E-state index contributed by atoms with van der Waals surface area (Å²) >= 11 is 0. The largest absolute Gasteiger partial charge is 0.466 e. The van der Waals surface area contributed by atoms with E-state index in [1.807, 2.05) is 14.0 Å². The molecule has 25 heavy (non-hydrogen) atoms. The Balaban J connectivity index is 4.21. The number of rotatable bonds is 15. The summed E-state index contributed by atoms with van der Waals surface area (Å²) in [4.78, 5) is 25.7. The van der Waals surface area contributed by atoms with Crippen LogP contribution in [-0.4, -0.2) is 56.4 Å². The molecule has 6 heteroatoms. The zero-order valence-corrected chi connectivity index (χ0v) is 16.6. The zero-order valence-electron chi connectivity index (χ0n) is 16.6. The Labute approximate surface area is 153 Å². The van der Waals surface area contributed by atoms with Gasteiger partial charge in [0.25, 0.3) is 0 Å². The number of ether oxygens (including phenoxy) is 2. The van der Waals surface area contributed by atoms with Crippen LogP contribution in [0.25, 0.3) is 0 Å². The van der Waals surface area contributed by atoms with Gasteiger partial charge in [0, 0.05) is 19.5 Å². The minimum atomic E-state index is -0.396. The summed E-state index contributed by atoms with van der Waals surface area (Å²) in [6, 6.07) is 0. The lowest BCUT2D eigenvalue weighted by Crippen LogP contribution is -2.35. The lowest BCUT2D eigenvalue weighted by Gasteiger charge is -2.19. The van der Waals surface area contributed by atoms with Crippen molar-refractivity contribution in [1.82, 2.24) is 10.2 Å². The fourth-order valence-electron chi connectivity index (χ4n) is 2.33. The van der Waals surface area contributed by atoms with Gasteiger partial charge in [0.05, 0.1) is 6.61 Å². The summed E-state index contributed by atoms with van der Waals surface area (Å²) in [5.41, 5.74) is 0. The van der Waals surface area contributed by atoms with Gasteiger partial charge in [-0.25, -0.2) is 4.79 Å². The highest BCUT2D eigenvalue weighted by molar-refractivity contribution is 5.69. The first-order chi connectivity index (χ1) is 12.0. The van der Waals surface area contributed by atoms with Crippen LogP contribution in [0, 0.1) is 0 Å². The van der Waals surface area contributed by atoms with E-state index in [9.17, 15) is 9.59 Å². The van der Waals surface area contributed by atoms with Crippen molar-refractivity contribution >= 4 is 12.1 Å². The number of hydrogen-bond acceptors (Lipinski definition) is 5. The maximum absolute atomic E-state index is 12.0. The first-order valence-corrected chi connectivity index (χ1v) is 9.82. The van der Waals surface area contributed by atoms with Gasteiger partial charge < -0.3 is 19.7 Å². The SMILES string of the molecule is CCCCCCC(CCC(=O)OCCC)OC(=O)NCCN(C)CC. The van der Waals surface area contributed by atoms with Crippen LogP contribution in [-0.2, 0) is 14.3 Å². The normalized spacial score (nSPS) is 12.0. The molecular weight excluding hydrogens is 320 g/mol. The smallest absolute Gasteiger partial charge is 0.407 e. The number of nitrogens with one attached hydrogen (secondary N) is 1. The van der Waals surface area contributed by atoms with Gasteiger partial charge in [-0.1, -0.05) is 40.0 Å². The third kappa shape index (κ3) is 14.7. The van der Waals surface area contributed by atoms with Crippen molar-refractivity contribution in [3.8, 4) is 0 Å². The average molecular weight is 359 g/mol. The lowest BCUT2D eigenvalue weighted by atomic mass is 10.1. The van der Waals surface area contributed by atoms with Crippen molar-refractivity contribution in [2.45, 2.75) is 78.2 Å². The molecule has 0 aromatic rings. The highest BCUT2D eigenvalue weighted by Crippen LogP contribution is 2.14. The van der Waals surface area contributed by atoms with Gasteiger partial charge in [-0.15, -0.1) is 0 Å². The Morgan fingerprint density at radius 2 is 1.80 bits per heavy atom. The number of unbranched alkanes of at least 4 members (excludes halogenated alkanes) is 3. The molecule has 0 spiro atoms. The van der Waals surface area contributed by atoms with Gasteiger partial charge in [0.1, 0.15) is 6.10 Å². The molecule has 0 saturated carbocycles. The molecule has 0 aromatic heterocycles. The minimum Gasteiger partial charge on any atom is -0.466 e. The van der Waals surface area contributed by atoms with Gasteiger partial charge >= 0.3 is 12.1 Å². The fraction of sp³-hybridized carbons (Fsp3) is 0.895. The summed E-state index contributed by atoms with van der Waals surface area (Å²) in [6.45, 7) is 8.94. The Morgan fingerprint density at radius 1 is 1.04 bits per heavy atom. The van der Waals surface area contributed by atoms with E-state index in [0.29, 0.717) is 26.0 Å². The molecule has 0 rings (SSSR count). The van der Waals surface area contributed by atoms with Crippen LogP contribution in [0.4, 0.5) is 4.79 Å². The molecule has 1 N–H and O–H groups in total. The van der Waals surface area contributed by atoms with E-state index >= 15 is 0 Å². The fourth-order valence-corrected chi connectivity index (χ4v) is 2.33. The molecule has 0 aromatic carbocycles. The highest BCUT2D eigenvalue weighted by atomic mass is 16.6. The van der Waals surface area contributed by atoms with Gasteiger partial charge in [0.15, 0.2) is 0 Å². The van der Waals surface area contributed by atoms with Crippen LogP contribution in [0.5, 0.6) is 0 Å². The minimum absolute atomic E-state index is 0.214. The molecule has 0 aliphatic carbocycles. The van der Waals surface area contributed by atoms with Crippen molar-refractivity contribution in [2.75, 3.05) is 33.3 Å². The Morgan fingerprint density at radius 3 is 2.44 bits per heavy atom. The number of esters is 1. The molecule has 0 saturated heterocycles. The van der Waals surface area contributed by atoms with Crippen LogP contribution < -0.4 is 5.32 Å². The quantitative estimate of drug-likeness (QED) is 0.357. The predicted octanol–water partition coefficient (Wildman–Crippen LogP) is 3.74. The number of amides is 1. The third-order valence-corrected chi connectivity index (χ3v) is 4.09. The van der Waals surface area contributed by atoms with Crippen LogP contribution in [0.2, 0.25) is 0 Å². The molecule has 0 aliphatic heterocycles. The lowest BCUT2D eigenvalue weighted by molar-refractivity contribution is -0.144. The first-order valence-electron chi connectivity index (χ1n) is 9.82. The Kier molecular flexibility index (Phi) is 15.3. The van der Waals surface area contributed by atoms with Crippen LogP contribution in [0.1, 0.15) is 72.1 Å². The van der Waals surface area contributed by atoms with E-state index in [2.05, 4.69) is 24.1 Å². The third-order valence-electron chi connectivity index (χ3n) is 4.09. The van der Waals surface area contributed by atoms with E-state index in [1.54, 1.807) is 0 Å². The number of carbonyl (C=O) groups excluding carboxylic acids is 2. The zero-order chi connectivity index (χ0) is 18.9. The van der Waals surface area contributed by atoms with Crippen molar-refractivity contribution in [3.63, 3.8) is 0 Å². The Bertz CT molecular complexity index is 350. The van der Waals surface area contributed by atoms with E-state index < -0.39 is 6.09 Å². The summed E-state index contributed by atoms with van der Waals surface area (Å²) in [7, 11) is 2.01. The van der Waals surface area contributed by atoms with Gasteiger partial charge in [-0.3, -0.25) is 4.79 Å². The maximum atomic E-state index is 12.0. The predicted molar refractivity (Wildman–Crippen MR) is 101 cm³/mol. The topological polar surface area (TPSA) is 67.9 Å². The van der Waals surface area contributed by atoms with Crippen molar-refractivity contribution in [3.05, 3.63) is 0 Å². The molecule has 0 bridgehead atoms. The van der Waals surface area contributed by atoms with E-state index in [1.165, 1.54) is 12.8 Å². The summed E-state index contributed by atoms with van der Waals surface area (Å²) in [5.74, 6) is -0.214. The molecule has 0 fully saturated rings. The standard InChI is InChI=1S/C19H38N2O4/c1-5-8-9-10-11-17(12-13-18(22)24-16-6-2)25-19(23)20-14-15-21(4)7-3/h17H,5-16H2,1-4H3,(H,20,23). The average Bonchev–Trinajstić information content (AvgIpc) is 2.60. The second kappa shape index (κ2) is 16.2. The van der Waals surface area contributed by atoms with Crippen LogP contribution in [0.15, 0.2) is 0 Å². The monoisotopic (exact) mass is 358 g/mol. The molecule has 1 atom stereocenters. The van der Waals surface area contributed by atoms with Gasteiger partial charge in [0.2, 0.25) is 0 Å². The van der Waals surface area contributed by atoms with E-state index in [4.69, 9.17) is 9.47 Å². The highest BCUT2D eigenvalue weighted by Gasteiger charge is 2.16. The van der Waals surface area contributed by atoms with Crippen LogP contribution >= 0.6 is 0 Å². The molecule has 1 amide bonds. The van der Waals surface area contributed by atoms with E-state index in [-0.39, 0.29) is 12.1 Å². The van der Waals surface area contributed by atoms with E-state index in [0.717, 1.165) is 38.8 Å². The number of nitrogens with zero attached hydrogens (tertiary/aromatic N) is 1. The second-order valence-electron chi connectivity index (χ2n) is 6.46. The number of likely N-dealkylation sites (N-methyl/N-ethyl adjacent to an activating group) is 1.